The second-order valence-electron chi connectivity index (χ2n) is 10.2. The van der Waals surface area contributed by atoms with Crippen LogP contribution < -0.4 is 4.90 Å². The van der Waals surface area contributed by atoms with Gasteiger partial charge in [-0.25, -0.2) is 0 Å². The maximum absolute atomic E-state index is 14.6. The topological polar surface area (TPSA) is 54.5 Å². The molecule has 1 fully saturated rings. The van der Waals surface area contributed by atoms with E-state index in [0.29, 0.717) is 16.7 Å². The Balaban J connectivity index is 1.55. The molecule has 6 heteroatoms. The standard InChI is InChI=1S/C33H21Br2NO3/c34-22-13-10-19(11-14-22)28-29(30(37)20-6-2-1-3-7-20)36-26-16-15-23(35)18-21(26)12-17-27(36)33(28)31(38)24-8-4-5-9-25(24)32(33)39/h1-18,27-29H/t27-,28+,29-/m1/s1. The molecular weight excluding hydrogens is 618 g/mol. The number of rotatable bonds is 3. The van der Waals surface area contributed by atoms with Gasteiger partial charge in [0.15, 0.2) is 17.3 Å². The lowest BCUT2D eigenvalue weighted by atomic mass is 9.64. The maximum Gasteiger partial charge on any atom is 0.185 e. The van der Waals surface area contributed by atoms with E-state index < -0.39 is 23.4 Å². The molecule has 1 spiro atoms. The highest BCUT2D eigenvalue weighted by Crippen LogP contribution is 2.61. The molecule has 0 aromatic heterocycles. The number of halogens is 2. The molecule has 2 heterocycles. The molecule has 0 unspecified atom stereocenters. The Morgan fingerprint density at radius 2 is 1.36 bits per heavy atom. The third kappa shape index (κ3) is 3.38. The van der Waals surface area contributed by atoms with E-state index in [1.165, 1.54) is 0 Å². The van der Waals surface area contributed by atoms with E-state index in [-0.39, 0.29) is 17.3 Å². The first-order valence-electron chi connectivity index (χ1n) is 12.7. The summed E-state index contributed by atoms with van der Waals surface area (Å²) in [6.45, 7) is 0. The van der Waals surface area contributed by atoms with Crippen LogP contribution in [0.3, 0.4) is 0 Å². The van der Waals surface area contributed by atoms with E-state index >= 15 is 0 Å². The Morgan fingerprint density at radius 1 is 0.744 bits per heavy atom. The Morgan fingerprint density at radius 3 is 2.03 bits per heavy atom. The van der Waals surface area contributed by atoms with Crippen LogP contribution in [0.25, 0.3) is 6.08 Å². The number of anilines is 1. The summed E-state index contributed by atoms with van der Waals surface area (Å²) in [5.74, 6) is -1.28. The van der Waals surface area contributed by atoms with Crippen molar-refractivity contribution in [1.82, 2.24) is 0 Å². The van der Waals surface area contributed by atoms with Crippen molar-refractivity contribution in [2.75, 3.05) is 4.90 Å². The number of nitrogens with zero attached hydrogens (tertiary/aromatic N) is 1. The fourth-order valence-electron chi connectivity index (χ4n) is 6.76. The molecular formula is C33H21Br2NO3. The molecule has 0 bridgehead atoms. The predicted octanol–water partition coefficient (Wildman–Crippen LogP) is 7.53. The third-order valence-corrected chi connectivity index (χ3v) is 9.34. The SMILES string of the molecule is O=C(c1ccccc1)[C@H]1[C@H](c2ccc(Br)cc2)C2(C(=O)c3ccccc3C2=O)[C@H]2C=Cc3cc(Br)ccc3N12. The zero-order valence-corrected chi connectivity index (χ0v) is 23.7. The lowest BCUT2D eigenvalue weighted by Gasteiger charge is -2.37. The Hall–Kier alpha value is -3.61. The van der Waals surface area contributed by atoms with Gasteiger partial charge in [-0.3, -0.25) is 14.4 Å². The van der Waals surface area contributed by atoms with Gasteiger partial charge in [0.25, 0.3) is 0 Å². The van der Waals surface area contributed by atoms with Gasteiger partial charge in [-0.15, -0.1) is 0 Å². The number of Topliss-reactive ketones (excluding diaryl/α,β-unsaturated/α-hetero) is 3. The van der Waals surface area contributed by atoms with Crippen molar-refractivity contribution in [2.24, 2.45) is 5.41 Å². The van der Waals surface area contributed by atoms with E-state index in [1.54, 1.807) is 36.4 Å². The summed E-state index contributed by atoms with van der Waals surface area (Å²) in [5, 5.41) is 0. The van der Waals surface area contributed by atoms with Crippen LogP contribution in [0.1, 0.15) is 48.1 Å². The van der Waals surface area contributed by atoms with Crippen molar-refractivity contribution in [3.05, 3.63) is 140 Å². The number of carbonyl (C=O) groups is 3. The molecule has 0 amide bonds. The molecule has 1 saturated heterocycles. The van der Waals surface area contributed by atoms with Crippen LogP contribution in [0, 0.1) is 5.41 Å². The maximum atomic E-state index is 14.6. The van der Waals surface area contributed by atoms with Crippen molar-refractivity contribution in [3.63, 3.8) is 0 Å². The molecule has 0 saturated carbocycles. The van der Waals surface area contributed by atoms with Crippen molar-refractivity contribution in [1.29, 1.82) is 0 Å². The van der Waals surface area contributed by atoms with Gasteiger partial charge in [-0.05, 0) is 41.5 Å². The highest BCUT2D eigenvalue weighted by Gasteiger charge is 2.71. The largest absolute Gasteiger partial charge is 0.352 e. The van der Waals surface area contributed by atoms with Crippen molar-refractivity contribution in [2.45, 2.75) is 18.0 Å². The van der Waals surface area contributed by atoms with E-state index in [2.05, 4.69) is 31.9 Å². The minimum atomic E-state index is -1.49. The molecule has 0 N–H and O–H groups in total. The number of carbonyl (C=O) groups excluding carboxylic acids is 3. The molecule has 3 atom stereocenters. The number of benzene rings is 4. The molecule has 39 heavy (non-hydrogen) atoms. The van der Waals surface area contributed by atoms with Crippen LogP contribution in [-0.2, 0) is 0 Å². The highest BCUT2D eigenvalue weighted by atomic mass is 79.9. The summed E-state index contributed by atoms with van der Waals surface area (Å²) >= 11 is 7.08. The normalized spacial score (nSPS) is 22.1. The van der Waals surface area contributed by atoms with Gasteiger partial charge in [0, 0.05) is 37.2 Å². The number of ketones is 3. The molecule has 190 valence electrons. The molecule has 0 radical (unpaired) electrons. The zero-order chi connectivity index (χ0) is 26.9. The number of fused-ring (bicyclic) bond motifs is 5. The van der Waals surface area contributed by atoms with Crippen LogP contribution >= 0.6 is 31.9 Å². The Kier molecular flexibility index (Phi) is 5.62. The van der Waals surface area contributed by atoms with E-state index in [1.807, 2.05) is 77.7 Å². The molecule has 2 aliphatic heterocycles. The zero-order valence-electron chi connectivity index (χ0n) is 20.6. The molecule has 4 aromatic rings. The highest BCUT2D eigenvalue weighted by molar-refractivity contribution is 9.10. The van der Waals surface area contributed by atoms with Crippen LogP contribution in [0.4, 0.5) is 5.69 Å². The fourth-order valence-corrected chi connectivity index (χ4v) is 7.41. The molecule has 4 aromatic carbocycles. The van der Waals surface area contributed by atoms with E-state index in [9.17, 15) is 14.4 Å². The average Bonchev–Trinajstić information content (AvgIpc) is 3.39. The second-order valence-corrected chi connectivity index (χ2v) is 12.0. The van der Waals surface area contributed by atoms with Crippen LogP contribution in [-0.4, -0.2) is 29.4 Å². The minimum Gasteiger partial charge on any atom is -0.352 e. The van der Waals surface area contributed by atoms with Gasteiger partial charge in [0.1, 0.15) is 11.5 Å². The van der Waals surface area contributed by atoms with Crippen LogP contribution in [0.15, 0.2) is 112 Å². The Labute approximate surface area is 242 Å². The van der Waals surface area contributed by atoms with Gasteiger partial charge in [0.05, 0.1) is 6.04 Å². The van der Waals surface area contributed by atoms with Gasteiger partial charge < -0.3 is 4.90 Å². The fraction of sp³-hybridized carbons (Fsp3) is 0.121. The molecule has 4 nitrogen and oxygen atoms in total. The molecule has 1 aliphatic carbocycles. The lowest BCUT2D eigenvalue weighted by molar-refractivity contribution is 0.0666. The first-order chi connectivity index (χ1) is 18.9. The van der Waals surface area contributed by atoms with Gasteiger partial charge in [-0.2, -0.15) is 0 Å². The summed E-state index contributed by atoms with van der Waals surface area (Å²) < 4.78 is 1.79. The smallest absolute Gasteiger partial charge is 0.185 e. The molecule has 3 aliphatic rings. The average molecular weight is 639 g/mol. The monoisotopic (exact) mass is 637 g/mol. The summed E-state index contributed by atoms with van der Waals surface area (Å²) in [6.07, 6.45) is 3.92. The lowest BCUT2D eigenvalue weighted by Crippen LogP contribution is -2.48. The van der Waals surface area contributed by atoms with E-state index in [4.69, 9.17) is 0 Å². The van der Waals surface area contributed by atoms with Gasteiger partial charge >= 0.3 is 0 Å². The minimum absolute atomic E-state index is 0.119. The quantitative estimate of drug-likeness (QED) is 0.172. The second kappa shape index (κ2) is 8.97. The number of hydrogen-bond donors (Lipinski definition) is 0. The Bertz CT molecular complexity index is 1680. The van der Waals surface area contributed by atoms with Crippen LogP contribution in [0.2, 0.25) is 0 Å². The van der Waals surface area contributed by atoms with Crippen LogP contribution in [0.5, 0.6) is 0 Å². The first kappa shape index (κ1) is 24.4. The predicted molar refractivity (Wildman–Crippen MR) is 158 cm³/mol. The summed E-state index contributed by atoms with van der Waals surface area (Å²) in [5.41, 5.74) is 2.43. The molecule has 7 rings (SSSR count). The summed E-state index contributed by atoms with van der Waals surface area (Å²) in [7, 11) is 0. The summed E-state index contributed by atoms with van der Waals surface area (Å²) in [6, 6.07) is 28.4. The van der Waals surface area contributed by atoms with Gasteiger partial charge in [0.2, 0.25) is 0 Å². The first-order valence-corrected chi connectivity index (χ1v) is 14.3. The van der Waals surface area contributed by atoms with Gasteiger partial charge in [-0.1, -0.05) is 111 Å². The van der Waals surface area contributed by atoms with E-state index in [0.717, 1.165) is 25.8 Å². The third-order valence-electron chi connectivity index (χ3n) is 8.32. The summed E-state index contributed by atoms with van der Waals surface area (Å²) in [4.78, 5) is 45.8. The van der Waals surface area contributed by atoms with Crippen molar-refractivity contribution in [3.8, 4) is 0 Å². The number of hydrogen-bond acceptors (Lipinski definition) is 4. The van der Waals surface area contributed by atoms with Crippen molar-refractivity contribution >= 4 is 61.0 Å². The van der Waals surface area contributed by atoms with Crippen molar-refractivity contribution < 1.29 is 14.4 Å².